The molecular formula is C11H10N2O5. The lowest BCUT2D eigenvalue weighted by atomic mass is 10.2. The van der Waals surface area contributed by atoms with E-state index in [-0.39, 0.29) is 5.89 Å². The van der Waals surface area contributed by atoms with Gasteiger partial charge in [-0.3, -0.25) is 0 Å². The van der Waals surface area contributed by atoms with Gasteiger partial charge in [-0.1, -0.05) is 0 Å². The Bertz CT molecular complexity index is 556. The molecule has 1 N–H and O–H groups in total. The van der Waals surface area contributed by atoms with Crippen LogP contribution in [-0.2, 0) is 0 Å². The minimum atomic E-state index is -1.25. The van der Waals surface area contributed by atoms with Crippen LogP contribution in [0.1, 0.15) is 10.6 Å². The third kappa shape index (κ3) is 2.24. The van der Waals surface area contributed by atoms with Crippen molar-refractivity contribution in [1.82, 2.24) is 10.1 Å². The zero-order valence-electron chi connectivity index (χ0n) is 9.71. The number of hydrogen-bond acceptors (Lipinski definition) is 6. The van der Waals surface area contributed by atoms with E-state index in [0.29, 0.717) is 17.1 Å². The monoisotopic (exact) mass is 250 g/mol. The fourth-order valence-electron chi connectivity index (χ4n) is 1.36. The van der Waals surface area contributed by atoms with Crippen LogP contribution < -0.4 is 9.47 Å². The average Bonchev–Trinajstić information content (AvgIpc) is 2.87. The number of carboxylic acid groups (broad SMARTS) is 1. The lowest BCUT2D eigenvalue weighted by Gasteiger charge is -2.05. The van der Waals surface area contributed by atoms with Crippen LogP contribution in [0, 0.1) is 0 Å². The van der Waals surface area contributed by atoms with E-state index in [2.05, 4.69) is 10.1 Å². The average molecular weight is 250 g/mol. The molecule has 0 spiro atoms. The van der Waals surface area contributed by atoms with Gasteiger partial charge < -0.3 is 19.1 Å². The largest absolute Gasteiger partial charge is 0.497 e. The van der Waals surface area contributed by atoms with E-state index in [0.717, 1.165) is 0 Å². The van der Waals surface area contributed by atoms with Crippen molar-refractivity contribution in [3.63, 3.8) is 0 Å². The summed E-state index contributed by atoms with van der Waals surface area (Å²) in [4.78, 5) is 14.4. The summed E-state index contributed by atoms with van der Waals surface area (Å²) >= 11 is 0. The lowest BCUT2D eigenvalue weighted by Crippen LogP contribution is -1.98. The highest BCUT2D eigenvalue weighted by Crippen LogP contribution is 2.28. The summed E-state index contributed by atoms with van der Waals surface area (Å²) in [5.74, 6) is -0.477. The molecule has 0 fully saturated rings. The highest BCUT2D eigenvalue weighted by Gasteiger charge is 2.15. The van der Waals surface area contributed by atoms with E-state index >= 15 is 0 Å². The van der Waals surface area contributed by atoms with Crippen molar-refractivity contribution in [2.45, 2.75) is 0 Å². The maximum Gasteiger partial charge on any atom is 0.377 e. The van der Waals surface area contributed by atoms with Gasteiger partial charge in [-0.15, -0.1) is 0 Å². The second-order valence-electron chi connectivity index (χ2n) is 3.33. The van der Waals surface area contributed by atoms with Crippen LogP contribution in [0.3, 0.4) is 0 Å². The summed E-state index contributed by atoms with van der Waals surface area (Å²) in [6, 6.07) is 4.96. The van der Waals surface area contributed by atoms with Crippen molar-refractivity contribution in [1.29, 1.82) is 0 Å². The first-order valence-electron chi connectivity index (χ1n) is 4.94. The second kappa shape index (κ2) is 4.74. The standard InChI is InChI=1S/C11H10N2O5/c1-16-7-3-6(4-8(5-7)17-2)10-12-9(11(14)15)13-18-10/h3-5H,1-2H3,(H,14,15). The van der Waals surface area contributed by atoms with E-state index in [9.17, 15) is 4.79 Å². The zero-order chi connectivity index (χ0) is 13.1. The van der Waals surface area contributed by atoms with E-state index in [1.54, 1.807) is 18.2 Å². The molecule has 7 heteroatoms. The lowest BCUT2D eigenvalue weighted by molar-refractivity contribution is 0.0680. The van der Waals surface area contributed by atoms with Gasteiger partial charge in [0.1, 0.15) is 11.5 Å². The van der Waals surface area contributed by atoms with Gasteiger partial charge in [0.2, 0.25) is 0 Å². The minimum absolute atomic E-state index is 0.0876. The van der Waals surface area contributed by atoms with Crippen LogP contribution >= 0.6 is 0 Å². The van der Waals surface area contributed by atoms with Gasteiger partial charge in [-0.05, 0) is 17.3 Å². The molecule has 7 nitrogen and oxygen atoms in total. The maximum atomic E-state index is 10.7. The van der Waals surface area contributed by atoms with Crippen molar-refractivity contribution >= 4 is 5.97 Å². The summed E-state index contributed by atoms with van der Waals surface area (Å²) < 4.78 is 15.0. The van der Waals surface area contributed by atoms with Crippen molar-refractivity contribution in [2.75, 3.05) is 14.2 Å². The summed E-state index contributed by atoms with van der Waals surface area (Å²) in [6.07, 6.45) is 0. The molecule has 0 unspecified atom stereocenters. The number of benzene rings is 1. The smallest absolute Gasteiger partial charge is 0.377 e. The van der Waals surface area contributed by atoms with Gasteiger partial charge in [0.15, 0.2) is 0 Å². The molecule has 0 saturated carbocycles. The molecule has 18 heavy (non-hydrogen) atoms. The number of carbonyl (C=O) groups is 1. The quantitative estimate of drug-likeness (QED) is 0.877. The minimum Gasteiger partial charge on any atom is -0.497 e. The Kier molecular flexibility index (Phi) is 3.13. The molecule has 0 atom stereocenters. The third-order valence-corrected chi connectivity index (χ3v) is 2.22. The van der Waals surface area contributed by atoms with Crippen LogP contribution in [-0.4, -0.2) is 35.4 Å². The summed E-state index contributed by atoms with van der Waals surface area (Å²) in [7, 11) is 3.02. The molecule has 1 aromatic carbocycles. The molecule has 0 aliphatic rings. The molecule has 0 aliphatic carbocycles. The number of rotatable bonds is 4. The number of nitrogens with zero attached hydrogens (tertiary/aromatic N) is 2. The van der Waals surface area contributed by atoms with Crippen molar-refractivity contribution < 1.29 is 23.9 Å². The van der Waals surface area contributed by atoms with E-state index in [1.807, 2.05) is 0 Å². The number of ether oxygens (including phenoxy) is 2. The Morgan fingerprint density at radius 1 is 1.22 bits per heavy atom. The predicted molar refractivity (Wildman–Crippen MR) is 59.8 cm³/mol. The van der Waals surface area contributed by atoms with Gasteiger partial charge >= 0.3 is 5.97 Å². The Balaban J connectivity index is 2.45. The maximum absolute atomic E-state index is 10.7. The topological polar surface area (TPSA) is 94.7 Å². The third-order valence-electron chi connectivity index (χ3n) is 2.22. The molecule has 0 aliphatic heterocycles. The summed E-state index contributed by atoms with van der Waals surface area (Å²) in [5, 5.41) is 12.0. The number of aromatic carboxylic acids is 1. The number of hydrogen-bond donors (Lipinski definition) is 1. The Labute approximate surface area is 102 Å². The molecule has 0 bridgehead atoms. The van der Waals surface area contributed by atoms with Gasteiger partial charge in [-0.2, -0.15) is 4.98 Å². The molecule has 2 rings (SSSR count). The Morgan fingerprint density at radius 2 is 1.83 bits per heavy atom. The summed E-state index contributed by atoms with van der Waals surface area (Å²) in [6.45, 7) is 0. The second-order valence-corrected chi connectivity index (χ2v) is 3.33. The normalized spacial score (nSPS) is 10.1. The molecule has 1 aromatic heterocycles. The van der Waals surface area contributed by atoms with Crippen molar-refractivity contribution in [3.05, 3.63) is 24.0 Å². The molecule has 2 aromatic rings. The van der Waals surface area contributed by atoms with E-state index in [4.69, 9.17) is 19.1 Å². The van der Waals surface area contributed by atoms with E-state index < -0.39 is 11.8 Å². The van der Waals surface area contributed by atoms with Crippen LogP contribution in [0.15, 0.2) is 22.7 Å². The zero-order valence-corrected chi connectivity index (χ0v) is 9.71. The number of aromatic nitrogens is 2. The van der Waals surface area contributed by atoms with Crippen molar-refractivity contribution in [3.8, 4) is 23.0 Å². The Morgan fingerprint density at radius 3 is 2.28 bits per heavy atom. The van der Waals surface area contributed by atoms with Crippen LogP contribution in [0.2, 0.25) is 0 Å². The summed E-state index contributed by atoms with van der Waals surface area (Å²) in [5.41, 5.74) is 0.520. The van der Waals surface area contributed by atoms with Crippen LogP contribution in [0.5, 0.6) is 11.5 Å². The molecule has 1 heterocycles. The first-order chi connectivity index (χ1) is 8.63. The Hall–Kier alpha value is -2.57. The highest BCUT2D eigenvalue weighted by molar-refractivity contribution is 5.83. The molecule has 0 radical (unpaired) electrons. The first kappa shape index (κ1) is 11.9. The number of carboxylic acids is 1. The number of methoxy groups -OCH3 is 2. The fraction of sp³-hybridized carbons (Fsp3) is 0.182. The molecular weight excluding hydrogens is 240 g/mol. The van der Waals surface area contributed by atoms with Gasteiger partial charge in [0.25, 0.3) is 11.7 Å². The van der Waals surface area contributed by atoms with Crippen LogP contribution in [0.25, 0.3) is 11.5 Å². The SMILES string of the molecule is COc1cc(OC)cc(-c2nc(C(=O)O)no2)c1. The molecule has 0 amide bonds. The predicted octanol–water partition coefficient (Wildman–Crippen LogP) is 1.45. The van der Waals surface area contributed by atoms with Crippen LogP contribution in [0.4, 0.5) is 0 Å². The van der Waals surface area contributed by atoms with E-state index in [1.165, 1.54) is 14.2 Å². The fourth-order valence-corrected chi connectivity index (χ4v) is 1.36. The van der Waals surface area contributed by atoms with Gasteiger partial charge in [0.05, 0.1) is 14.2 Å². The highest BCUT2D eigenvalue weighted by atomic mass is 16.5. The van der Waals surface area contributed by atoms with Gasteiger partial charge in [0, 0.05) is 11.6 Å². The first-order valence-corrected chi connectivity index (χ1v) is 4.94. The molecule has 94 valence electrons. The molecule has 0 saturated heterocycles. The van der Waals surface area contributed by atoms with Crippen molar-refractivity contribution in [2.24, 2.45) is 0 Å². The van der Waals surface area contributed by atoms with Gasteiger partial charge in [-0.25, -0.2) is 4.79 Å².